The Balaban J connectivity index is 2.64. The molecule has 1 atom stereocenters. The lowest BCUT2D eigenvalue weighted by Gasteiger charge is -2.10. The number of nitrogens with zero attached hydrogens (tertiary/aromatic N) is 4. The summed E-state index contributed by atoms with van der Waals surface area (Å²) in [5.41, 5.74) is 8.25. The highest BCUT2D eigenvalue weighted by molar-refractivity contribution is 9.10. The number of hydrogen-bond donors (Lipinski definition) is 3. The zero-order chi connectivity index (χ0) is 12.6. The molecule has 2 heterocycles. The number of nitrogens with one attached hydrogen (secondary N) is 1. The monoisotopic (exact) mass is 299 g/mol. The molecule has 2 aromatic rings. The van der Waals surface area contributed by atoms with Crippen LogP contribution in [0.4, 0.5) is 5.82 Å². The van der Waals surface area contributed by atoms with Gasteiger partial charge < -0.3 is 5.73 Å². The van der Waals surface area contributed by atoms with Gasteiger partial charge in [-0.15, -0.1) is 0 Å². The largest absolute Gasteiger partial charge is 0.383 e. The maximum atomic E-state index is 11.5. The molecule has 0 saturated heterocycles. The van der Waals surface area contributed by atoms with Crippen molar-refractivity contribution in [3.05, 3.63) is 10.9 Å². The molecule has 1 amide bonds. The number of halogens is 1. The number of fused-ring (bicyclic) bond motifs is 1. The third kappa shape index (κ3) is 1.83. The van der Waals surface area contributed by atoms with Gasteiger partial charge in [-0.3, -0.25) is 10.2 Å². The highest BCUT2D eigenvalue weighted by Gasteiger charge is 2.21. The van der Waals surface area contributed by atoms with E-state index in [2.05, 4.69) is 36.4 Å². The molecular formula is C8H10BrN7O. The Morgan fingerprint density at radius 3 is 2.94 bits per heavy atom. The van der Waals surface area contributed by atoms with Crippen molar-refractivity contribution >= 4 is 38.7 Å². The van der Waals surface area contributed by atoms with Crippen LogP contribution in [0.15, 0.2) is 10.9 Å². The molecule has 0 aliphatic rings. The van der Waals surface area contributed by atoms with Gasteiger partial charge >= 0.3 is 0 Å². The summed E-state index contributed by atoms with van der Waals surface area (Å²) in [7, 11) is 0. The van der Waals surface area contributed by atoms with E-state index < -0.39 is 6.04 Å². The predicted molar refractivity (Wildman–Crippen MR) is 64.5 cm³/mol. The van der Waals surface area contributed by atoms with Crippen molar-refractivity contribution in [2.24, 2.45) is 5.84 Å². The van der Waals surface area contributed by atoms with Crippen LogP contribution in [0.2, 0.25) is 0 Å². The highest BCUT2D eigenvalue weighted by Crippen LogP contribution is 2.27. The molecule has 0 aliphatic carbocycles. The second kappa shape index (κ2) is 4.26. The average Bonchev–Trinajstić information content (AvgIpc) is 2.66. The SMILES string of the molecule is CC(C(=O)NN)n1nc(Br)c2c(N)ncnc21. The third-order valence-electron chi connectivity index (χ3n) is 2.36. The third-order valence-corrected chi connectivity index (χ3v) is 2.92. The van der Waals surface area contributed by atoms with Crippen molar-refractivity contribution in [1.29, 1.82) is 0 Å². The zero-order valence-corrected chi connectivity index (χ0v) is 10.5. The molecule has 2 aromatic heterocycles. The topological polar surface area (TPSA) is 125 Å². The molecular weight excluding hydrogens is 290 g/mol. The quantitative estimate of drug-likeness (QED) is 0.398. The first-order chi connectivity index (χ1) is 8.06. The van der Waals surface area contributed by atoms with Crippen LogP contribution in [0.5, 0.6) is 0 Å². The van der Waals surface area contributed by atoms with Crippen molar-refractivity contribution in [2.75, 3.05) is 5.73 Å². The number of carbonyl (C=O) groups is 1. The number of rotatable bonds is 2. The number of amides is 1. The first-order valence-electron chi connectivity index (χ1n) is 4.71. The van der Waals surface area contributed by atoms with Crippen LogP contribution in [-0.2, 0) is 4.79 Å². The van der Waals surface area contributed by atoms with Gasteiger partial charge in [-0.1, -0.05) is 0 Å². The van der Waals surface area contributed by atoms with Crippen LogP contribution in [0.25, 0.3) is 11.0 Å². The fraction of sp³-hybridized carbons (Fsp3) is 0.250. The summed E-state index contributed by atoms with van der Waals surface area (Å²) >= 11 is 3.25. The fourth-order valence-electron chi connectivity index (χ4n) is 1.45. The molecule has 17 heavy (non-hydrogen) atoms. The van der Waals surface area contributed by atoms with Crippen LogP contribution in [-0.4, -0.2) is 25.7 Å². The van der Waals surface area contributed by atoms with Gasteiger partial charge in [0.1, 0.15) is 22.8 Å². The molecule has 5 N–H and O–H groups in total. The van der Waals surface area contributed by atoms with Gasteiger partial charge in [0.15, 0.2) is 5.65 Å². The van der Waals surface area contributed by atoms with E-state index in [-0.39, 0.29) is 5.91 Å². The second-order valence-electron chi connectivity index (χ2n) is 3.38. The Labute approximate surface area is 104 Å². The van der Waals surface area contributed by atoms with E-state index in [1.165, 1.54) is 11.0 Å². The van der Waals surface area contributed by atoms with Gasteiger partial charge in [0.2, 0.25) is 0 Å². The number of aromatic nitrogens is 4. The molecule has 0 radical (unpaired) electrons. The molecule has 1 unspecified atom stereocenters. The smallest absolute Gasteiger partial charge is 0.258 e. The van der Waals surface area contributed by atoms with Gasteiger partial charge in [-0.05, 0) is 22.9 Å². The van der Waals surface area contributed by atoms with Gasteiger partial charge in [0.25, 0.3) is 5.91 Å². The summed E-state index contributed by atoms with van der Waals surface area (Å²) in [6, 6.07) is -0.594. The Morgan fingerprint density at radius 2 is 2.29 bits per heavy atom. The van der Waals surface area contributed by atoms with Crippen molar-refractivity contribution in [3.63, 3.8) is 0 Å². The lowest BCUT2D eigenvalue weighted by atomic mass is 10.3. The fourth-order valence-corrected chi connectivity index (χ4v) is 2.01. The molecule has 0 aromatic carbocycles. The summed E-state index contributed by atoms with van der Waals surface area (Å²) in [5, 5.41) is 4.73. The molecule has 8 nitrogen and oxygen atoms in total. The average molecular weight is 300 g/mol. The Hall–Kier alpha value is -1.74. The van der Waals surface area contributed by atoms with E-state index >= 15 is 0 Å². The molecule has 0 bridgehead atoms. The molecule has 0 saturated carbocycles. The summed E-state index contributed by atoms with van der Waals surface area (Å²) < 4.78 is 1.92. The van der Waals surface area contributed by atoms with Crippen molar-refractivity contribution in [1.82, 2.24) is 25.2 Å². The van der Waals surface area contributed by atoms with Gasteiger partial charge in [0, 0.05) is 0 Å². The zero-order valence-electron chi connectivity index (χ0n) is 8.88. The summed E-state index contributed by atoms with van der Waals surface area (Å²) in [5.74, 6) is 5.00. The molecule has 0 fully saturated rings. The van der Waals surface area contributed by atoms with Crippen LogP contribution in [0.1, 0.15) is 13.0 Å². The first-order valence-corrected chi connectivity index (χ1v) is 5.50. The van der Waals surface area contributed by atoms with Crippen LogP contribution in [0.3, 0.4) is 0 Å². The van der Waals surface area contributed by atoms with Crippen molar-refractivity contribution in [3.8, 4) is 0 Å². The van der Waals surface area contributed by atoms with E-state index in [1.54, 1.807) is 6.92 Å². The number of anilines is 1. The minimum absolute atomic E-state index is 0.300. The standard InChI is InChI=1S/C8H10BrN7O/c1-3(8(17)14-11)16-7-4(5(9)15-16)6(10)12-2-13-7/h2-3H,11H2,1H3,(H,14,17)(H2,10,12,13). The highest BCUT2D eigenvalue weighted by atomic mass is 79.9. The van der Waals surface area contributed by atoms with Gasteiger partial charge in [0.05, 0.1) is 5.39 Å². The minimum atomic E-state index is -0.594. The first kappa shape index (κ1) is 11.7. The lowest BCUT2D eigenvalue weighted by molar-refractivity contribution is -0.124. The second-order valence-corrected chi connectivity index (χ2v) is 4.13. The normalized spacial score (nSPS) is 12.6. The van der Waals surface area contributed by atoms with Crippen LogP contribution < -0.4 is 17.0 Å². The van der Waals surface area contributed by atoms with E-state index in [0.29, 0.717) is 21.5 Å². The number of nitrogens with two attached hydrogens (primary N) is 2. The van der Waals surface area contributed by atoms with Gasteiger partial charge in [-0.2, -0.15) is 5.10 Å². The van der Waals surface area contributed by atoms with Gasteiger partial charge in [-0.25, -0.2) is 20.5 Å². The number of hydrogen-bond acceptors (Lipinski definition) is 6. The molecule has 0 spiro atoms. The number of hydrazine groups is 1. The van der Waals surface area contributed by atoms with E-state index in [4.69, 9.17) is 11.6 Å². The minimum Gasteiger partial charge on any atom is -0.383 e. The summed E-state index contributed by atoms with van der Waals surface area (Å²) in [6.07, 6.45) is 1.31. The summed E-state index contributed by atoms with van der Waals surface area (Å²) in [4.78, 5) is 19.4. The molecule has 0 aliphatic heterocycles. The Kier molecular flexibility index (Phi) is 2.94. The predicted octanol–water partition coefficient (Wildman–Crippen LogP) is -0.278. The van der Waals surface area contributed by atoms with Crippen molar-refractivity contribution in [2.45, 2.75) is 13.0 Å². The van der Waals surface area contributed by atoms with Crippen LogP contribution in [0, 0.1) is 0 Å². The van der Waals surface area contributed by atoms with Crippen molar-refractivity contribution < 1.29 is 4.79 Å². The molecule has 9 heteroatoms. The number of nitrogen functional groups attached to an aromatic ring is 1. The Bertz CT molecular complexity index is 581. The maximum absolute atomic E-state index is 11.5. The Morgan fingerprint density at radius 1 is 1.59 bits per heavy atom. The lowest BCUT2D eigenvalue weighted by Crippen LogP contribution is -2.36. The number of carbonyl (C=O) groups excluding carboxylic acids is 1. The van der Waals surface area contributed by atoms with E-state index in [0.717, 1.165) is 0 Å². The molecule has 90 valence electrons. The van der Waals surface area contributed by atoms with E-state index in [9.17, 15) is 4.79 Å². The van der Waals surface area contributed by atoms with E-state index in [1.807, 2.05) is 0 Å². The summed E-state index contributed by atoms with van der Waals surface area (Å²) in [6.45, 7) is 1.65. The van der Waals surface area contributed by atoms with Crippen LogP contribution >= 0.6 is 15.9 Å². The maximum Gasteiger partial charge on any atom is 0.258 e. The molecule has 2 rings (SSSR count).